The summed E-state index contributed by atoms with van der Waals surface area (Å²) in [6.07, 6.45) is 0.801. The van der Waals surface area contributed by atoms with Crippen LogP contribution in [0.1, 0.15) is 18.3 Å². The fourth-order valence-electron chi connectivity index (χ4n) is 2.42. The second-order valence-electron chi connectivity index (χ2n) is 5.13. The summed E-state index contributed by atoms with van der Waals surface area (Å²) in [5, 5.41) is 0. The van der Waals surface area contributed by atoms with Crippen molar-refractivity contribution >= 4 is 22.6 Å². The number of aryl methyl sites for hydroxylation is 2. The molecule has 0 saturated heterocycles. The van der Waals surface area contributed by atoms with E-state index in [1.807, 2.05) is 0 Å². The van der Waals surface area contributed by atoms with E-state index in [1.165, 1.54) is 11.1 Å². The molecule has 0 bridgehead atoms. The number of nitrogens with zero attached hydrogens (tertiary/aromatic N) is 2. The zero-order valence-electron chi connectivity index (χ0n) is 11.8. The lowest BCUT2D eigenvalue weighted by atomic mass is 10.2. The zero-order valence-corrected chi connectivity index (χ0v) is 12.6. The Morgan fingerprint density at radius 2 is 2.21 bits per heavy atom. The van der Waals surface area contributed by atoms with Crippen molar-refractivity contribution in [1.29, 1.82) is 0 Å². The minimum Gasteiger partial charge on any atom is -0.384 e. The number of halogens is 1. The van der Waals surface area contributed by atoms with Crippen LogP contribution in [0.2, 0.25) is 0 Å². The van der Waals surface area contributed by atoms with Crippen LogP contribution >= 0.6 is 11.6 Å². The Labute approximate surface area is 119 Å². The van der Waals surface area contributed by atoms with E-state index >= 15 is 0 Å². The van der Waals surface area contributed by atoms with Crippen LogP contribution in [0.3, 0.4) is 0 Å². The average molecular weight is 281 g/mol. The second-order valence-corrected chi connectivity index (χ2v) is 5.51. The van der Waals surface area contributed by atoms with Crippen LogP contribution in [0.25, 0.3) is 11.0 Å². The van der Waals surface area contributed by atoms with Crippen molar-refractivity contribution in [2.75, 3.05) is 19.6 Å². The van der Waals surface area contributed by atoms with Crippen LogP contribution in [0.15, 0.2) is 18.2 Å². The van der Waals surface area contributed by atoms with Gasteiger partial charge in [0.15, 0.2) is 0 Å². The molecular formula is C15H21ClN2O. The number of rotatable bonds is 6. The van der Waals surface area contributed by atoms with E-state index in [9.17, 15) is 0 Å². The molecular weight excluding hydrogens is 260 g/mol. The fraction of sp³-hybridized carbons (Fsp3) is 0.533. The van der Waals surface area contributed by atoms with E-state index in [0.29, 0.717) is 11.8 Å². The number of hydrogen-bond donors (Lipinski definition) is 0. The summed E-state index contributed by atoms with van der Waals surface area (Å²) in [7, 11) is 1.74. The third-order valence-corrected chi connectivity index (χ3v) is 3.44. The third kappa shape index (κ3) is 3.28. The molecule has 0 spiro atoms. The monoisotopic (exact) mass is 280 g/mol. The number of aromatic nitrogens is 2. The number of methoxy groups -OCH3 is 1. The molecule has 1 aromatic carbocycles. The second kappa shape index (κ2) is 6.40. The summed E-state index contributed by atoms with van der Waals surface area (Å²) >= 11 is 5.89. The van der Waals surface area contributed by atoms with Gasteiger partial charge in [-0.05, 0) is 30.5 Å². The molecule has 104 valence electrons. The SMILES string of the molecule is COCC(C)Cn1c(CCCl)nc2cc(C)ccc21. The van der Waals surface area contributed by atoms with Gasteiger partial charge in [0, 0.05) is 26.0 Å². The van der Waals surface area contributed by atoms with Crippen LogP contribution in [0, 0.1) is 12.8 Å². The predicted molar refractivity (Wildman–Crippen MR) is 79.9 cm³/mol. The molecule has 4 heteroatoms. The summed E-state index contributed by atoms with van der Waals surface area (Å²) in [5.74, 6) is 2.12. The number of imidazole rings is 1. The third-order valence-electron chi connectivity index (χ3n) is 3.25. The first-order chi connectivity index (χ1) is 9.15. The normalized spacial score (nSPS) is 13.1. The average Bonchev–Trinajstić information content (AvgIpc) is 2.67. The van der Waals surface area contributed by atoms with Gasteiger partial charge in [0.25, 0.3) is 0 Å². The van der Waals surface area contributed by atoms with E-state index < -0.39 is 0 Å². The molecule has 0 aliphatic rings. The number of benzene rings is 1. The molecule has 1 heterocycles. The van der Waals surface area contributed by atoms with Gasteiger partial charge in [0.05, 0.1) is 17.6 Å². The summed E-state index contributed by atoms with van der Waals surface area (Å²) in [5.41, 5.74) is 3.48. The lowest BCUT2D eigenvalue weighted by molar-refractivity contribution is 0.151. The molecule has 1 unspecified atom stereocenters. The molecule has 1 atom stereocenters. The van der Waals surface area contributed by atoms with Gasteiger partial charge < -0.3 is 9.30 Å². The van der Waals surface area contributed by atoms with Crippen molar-refractivity contribution < 1.29 is 4.74 Å². The Balaban J connectivity index is 2.39. The lowest BCUT2D eigenvalue weighted by Crippen LogP contribution is -2.15. The maximum atomic E-state index is 5.89. The van der Waals surface area contributed by atoms with Crippen LogP contribution in [-0.2, 0) is 17.7 Å². The van der Waals surface area contributed by atoms with Crippen molar-refractivity contribution in [1.82, 2.24) is 9.55 Å². The molecule has 2 rings (SSSR count). The molecule has 0 saturated carbocycles. The Morgan fingerprint density at radius 3 is 2.89 bits per heavy atom. The van der Waals surface area contributed by atoms with Crippen molar-refractivity contribution in [3.8, 4) is 0 Å². The van der Waals surface area contributed by atoms with Gasteiger partial charge in [0.1, 0.15) is 5.82 Å². The minimum atomic E-state index is 0.456. The predicted octanol–water partition coefficient (Wildman–Crippen LogP) is 3.41. The zero-order chi connectivity index (χ0) is 13.8. The smallest absolute Gasteiger partial charge is 0.111 e. The van der Waals surface area contributed by atoms with E-state index in [1.54, 1.807) is 7.11 Å². The highest BCUT2D eigenvalue weighted by Crippen LogP contribution is 2.20. The van der Waals surface area contributed by atoms with Crippen LogP contribution < -0.4 is 0 Å². The largest absolute Gasteiger partial charge is 0.384 e. The van der Waals surface area contributed by atoms with Crippen molar-refractivity contribution in [3.05, 3.63) is 29.6 Å². The maximum Gasteiger partial charge on any atom is 0.111 e. The van der Waals surface area contributed by atoms with Crippen molar-refractivity contribution in [2.24, 2.45) is 5.92 Å². The molecule has 3 nitrogen and oxygen atoms in total. The Hall–Kier alpha value is -1.06. The standard InChI is InChI=1S/C15H21ClN2O/c1-11-4-5-14-13(8-11)17-15(6-7-16)18(14)9-12(2)10-19-3/h4-5,8,12H,6-7,9-10H2,1-3H3. The Morgan fingerprint density at radius 1 is 1.42 bits per heavy atom. The quantitative estimate of drug-likeness (QED) is 0.758. The first kappa shape index (κ1) is 14.4. The maximum absolute atomic E-state index is 5.89. The topological polar surface area (TPSA) is 27.1 Å². The number of hydrogen-bond acceptors (Lipinski definition) is 2. The van der Waals surface area contributed by atoms with E-state index in [-0.39, 0.29) is 0 Å². The summed E-state index contributed by atoms with van der Waals surface area (Å²) in [6, 6.07) is 6.41. The van der Waals surface area contributed by atoms with Gasteiger partial charge in [-0.15, -0.1) is 11.6 Å². The molecule has 0 radical (unpaired) electrons. The Bertz CT molecular complexity index is 550. The highest BCUT2D eigenvalue weighted by Gasteiger charge is 2.13. The first-order valence-corrected chi connectivity index (χ1v) is 7.19. The lowest BCUT2D eigenvalue weighted by Gasteiger charge is -2.14. The number of fused-ring (bicyclic) bond motifs is 1. The van der Waals surface area contributed by atoms with E-state index in [2.05, 4.69) is 36.6 Å². The van der Waals surface area contributed by atoms with E-state index in [0.717, 1.165) is 30.9 Å². The summed E-state index contributed by atoms with van der Waals surface area (Å²) < 4.78 is 7.50. The first-order valence-electron chi connectivity index (χ1n) is 6.66. The fourth-order valence-corrected chi connectivity index (χ4v) is 2.59. The Kier molecular flexibility index (Phi) is 4.83. The van der Waals surface area contributed by atoms with Gasteiger partial charge in [-0.1, -0.05) is 13.0 Å². The van der Waals surface area contributed by atoms with Crippen LogP contribution in [0.4, 0.5) is 0 Å². The van der Waals surface area contributed by atoms with Crippen LogP contribution in [0.5, 0.6) is 0 Å². The highest BCUT2D eigenvalue weighted by atomic mass is 35.5. The number of ether oxygens (including phenoxy) is 1. The number of alkyl halides is 1. The molecule has 2 aromatic rings. The summed E-state index contributed by atoms with van der Waals surface area (Å²) in [6.45, 7) is 5.95. The van der Waals surface area contributed by atoms with Crippen molar-refractivity contribution in [3.63, 3.8) is 0 Å². The van der Waals surface area contributed by atoms with Gasteiger partial charge in [-0.3, -0.25) is 0 Å². The van der Waals surface area contributed by atoms with Crippen LogP contribution in [-0.4, -0.2) is 29.1 Å². The molecule has 0 aliphatic carbocycles. The highest BCUT2D eigenvalue weighted by molar-refractivity contribution is 6.17. The summed E-state index contributed by atoms with van der Waals surface area (Å²) in [4.78, 5) is 4.71. The molecule has 0 aliphatic heterocycles. The molecule has 0 N–H and O–H groups in total. The van der Waals surface area contributed by atoms with Gasteiger partial charge in [0.2, 0.25) is 0 Å². The van der Waals surface area contributed by atoms with Gasteiger partial charge in [-0.25, -0.2) is 4.98 Å². The molecule has 0 amide bonds. The van der Waals surface area contributed by atoms with Gasteiger partial charge in [-0.2, -0.15) is 0 Å². The van der Waals surface area contributed by atoms with E-state index in [4.69, 9.17) is 21.3 Å². The molecule has 1 aromatic heterocycles. The van der Waals surface area contributed by atoms with Crippen molar-refractivity contribution in [2.45, 2.75) is 26.8 Å². The minimum absolute atomic E-state index is 0.456. The van der Waals surface area contributed by atoms with Gasteiger partial charge >= 0.3 is 0 Å². The molecule has 19 heavy (non-hydrogen) atoms. The molecule has 0 fully saturated rings.